The van der Waals surface area contributed by atoms with Crippen molar-refractivity contribution < 1.29 is 24.9 Å². The molecule has 1 atom stereocenters. The molecule has 1 rings (SSSR count). The van der Waals surface area contributed by atoms with Crippen LogP contribution in [0.2, 0.25) is 0 Å². The van der Waals surface area contributed by atoms with E-state index >= 15 is 0 Å². The lowest BCUT2D eigenvalue weighted by atomic mass is 9.80. The Bertz CT molecular complexity index is 399. The number of rotatable bonds is 5. The van der Waals surface area contributed by atoms with E-state index < -0.39 is 17.5 Å². The summed E-state index contributed by atoms with van der Waals surface area (Å²) in [6.45, 7) is 1.49. The van der Waals surface area contributed by atoms with E-state index in [0.29, 0.717) is 5.57 Å². The van der Waals surface area contributed by atoms with Gasteiger partial charge in [-0.1, -0.05) is 12.2 Å². The van der Waals surface area contributed by atoms with Crippen molar-refractivity contribution >= 4 is 11.9 Å². The first-order valence-corrected chi connectivity index (χ1v) is 5.14. The Morgan fingerprint density at radius 2 is 2.06 bits per heavy atom. The molecule has 1 unspecified atom stereocenters. The fourth-order valence-electron chi connectivity index (χ4n) is 1.79. The van der Waals surface area contributed by atoms with Crippen LogP contribution in [-0.4, -0.2) is 45.9 Å². The molecule has 0 aromatic carbocycles. The van der Waals surface area contributed by atoms with Gasteiger partial charge in [-0.3, -0.25) is 5.32 Å². The third-order valence-corrected chi connectivity index (χ3v) is 2.84. The van der Waals surface area contributed by atoms with Crippen LogP contribution >= 0.6 is 0 Å². The lowest BCUT2D eigenvalue weighted by molar-refractivity contribution is -0.143. The molecule has 6 nitrogen and oxygen atoms in total. The number of allylic oxidation sites excluding steroid dienone is 2. The molecule has 0 aromatic heterocycles. The van der Waals surface area contributed by atoms with E-state index in [-0.39, 0.29) is 25.1 Å². The van der Waals surface area contributed by atoms with Gasteiger partial charge in [-0.05, 0) is 12.5 Å². The molecule has 1 aliphatic carbocycles. The van der Waals surface area contributed by atoms with E-state index in [1.165, 1.54) is 12.2 Å². The summed E-state index contributed by atoms with van der Waals surface area (Å²) in [6.07, 6.45) is 2.74. The zero-order valence-electron chi connectivity index (χ0n) is 9.43. The zero-order chi connectivity index (χ0) is 13.1. The predicted octanol–water partition coefficient (Wildman–Crippen LogP) is -0.247. The molecule has 4 N–H and O–H groups in total. The molecule has 17 heavy (non-hydrogen) atoms. The standard InChI is InChI=1S/C11H15NO5/c1-7-2-3-8(9(14)15)6-11(7,10(16)17)12-4-5-13/h2-3,12-13H,4-6H2,1H3,(H,14,15)(H,16,17). The lowest BCUT2D eigenvalue weighted by Gasteiger charge is -2.33. The van der Waals surface area contributed by atoms with Crippen molar-refractivity contribution in [3.05, 3.63) is 23.3 Å². The second-order valence-corrected chi connectivity index (χ2v) is 3.88. The number of carboxylic acid groups (broad SMARTS) is 2. The summed E-state index contributed by atoms with van der Waals surface area (Å²) in [6, 6.07) is 0. The molecule has 6 heteroatoms. The van der Waals surface area contributed by atoms with Crippen molar-refractivity contribution in [1.82, 2.24) is 5.32 Å². The van der Waals surface area contributed by atoms with Crippen molar-refractivity contribution in [1.29, 1.82) is 0 Å². The fraction of sp³-hybridized carbons (Fsp3) is 0.455. The largest absolute Gasteiger partial charge is 0.480 e. The molecule has 0 aliphatic heterocycles. The number of carboxylic acids is 2. The number of β-amino-alcohol motifs (C(OH)–C–C–N with tert-alkyl or cyclic N) is 1. The van der Waals surface area contributed by atoms with Gasteiger partial charge in [0.15, 0.2) is 0 Å². The minimum Gasteiger partial charge on any atom is -0.480 e. The predicted molar refractivity (Wildman–Crippen MR) is 59.5 cm³/mol. The number of aliphatic hydroxyl groups excluding tert-OH is 1. The Morgan fingerprint density at radius 3 is 2.53 bits per heavy atom. The molecule has 0 saturated heterocycles. The summed E-state index contributed by atoms with van der Waals surface area (Å²) >= 11 is 0. The summed E-state index contributed by atoms with van der Waals surface area (Å²) in [5.74, 6) is -2.28. The SMILES string of the molecule is CC1=CC=C(C(=O)O)CC1(NCCO)C(=O)O. The number of nitrogens with one attached hydrogen (secondary N) is 1. The van der Waals surface area contributed by atoms with Gasteiger partial charge in [0, 0.05) is 18.5 Å². The fourth-order valence-corrected chi connectivity index (χ4v) is 1.79. The van der Waals surface area contributed by atoms with Crippen molar-refractivity contribution in [2.45, 2.75) is 18.9 Å². The van der Waals surface area contributed by atoms with Gasteiger partial charge >= 0.3 is 11.9 Å². The first-order chi connectivity index (χ1) is 7.94. The third-order valence-electron chi connectivity index (χ3n) is 2.84. The quantitative estimate of drug-likeness (QED) is 0.529. The summed E-state index contributed by atoms with van der Waals surface area (Å²) < 4.78 is 0. The molecule has 0 bridgehead atoms. The molecule has 0 saturated carbocycles. The Morgan fingerprint density at radius 1 is 1.41 bits per heavy atom. The van der Waals surface area contributed by atoms with Crippen molar-refractivity contribution in [2.75, 3.05) is 13.2 Å². The lowest BCUT2D eigenvalue weighted by Crippen LogP contribution is -2.55. The van der Waals surface area contributed by atoms with Crippen LogP contribution in [0, 0.1) is 0 Å². The topological polar surface area (TPSA) is 107 Å². The van der Waals surface area contributed by atoms with E-state index in [4.69, 9.17) is 10.2 Å². The maximum absolute atomic E-state index is 11.4. The Hall–Kier alpha value is -1.66. The van der Waals surface area contributed by atoms with Gasteiger partial charge in [0.05, 0.1) is 6.61 Å². The third kappa shape index (κ3) is 2.54. The average molecular weight is 241 g/mol. The first kappa shape index (κ1) is 13.4. The van der Waals surface area contributed by atoms with Crippen molar-refractivity contribution in [3.8, 4) is 0 Å². The molecule has 0 heterocycles. The van der Waals surface area contributed by atoms with Crippen LogP contribution in [0.25, 0.3) is 0 Å². The Balaban J connectivity index is 3.07. The number of aliphatic hydroxyl groups is 1. The molecule has 0 radical (unpaired) electrons. The molecule has 0 spiro atoms. The van der Waals surface area contributed by atoms with E-state index in [1.54, 1.807) is 6.92 Å². The Kier molecular flexibility index (Phi) is 4.03. The van der Waals surface area contributed by atoms with Crippen molar-refractivity contribution in [3.63, 3.8) is 0 Å². The van der Waals surface area contributed by atoms with Gasteiger partial charge in [-0.25, -0.2) is 9.59 Å². The van der Waals surface area contributed by atoms with Crippen LogP contribution in [0.1, 0.15) is 13.3 Å². The molecule has 94 valence electrons. The molecule has 0 fully saturated rings. The van der Waals surface area contributed by atoms with Crippen LogP contribution in [0.15, 0.2) is 23.3 Å². The van der Waals surface area contributed by atoms with Gasteiger partial charge in [0.25, 0.3) is 0 Å². The van der Waals surface area contributed by atoms with E-state index in [0.717, 1.165) is 0 Å². The highest BCUT2D eigenvalue weighted by atomic mass is 16.4. The molecular formula is C11H15NO5. The zero-order valence-corrected chi connectivity index (χ0v) is 9.43. The van der Waals surface area contributed by atoms with E-state index in [9.17, 15) is 14.7 Å². The van der Waals surface area contributed by atoms with Crippen LogP contribution in [0.5, 0.6) is 0 Å². The minimum atomic E-state index is -1.44. The van der Waals surface area contributed by atoms with Crippen LogP contribution < -0.4 is 5.32 Å². The second kappa shape index (κ2) is 5.11. The second-order valence-electron chi connectivity index (χ2n) is 3.88. The highest BCUT2D eigenvalue weighted by molar-refractivity contribution is 5.92. The maximum atomic E-state index is 11.4. The number of hydrogen-bond acceptors (Lipinski definition) is 4. The van der Waals surface area contributed by atoms with Crippen LogP contribution in [-0.2, 0) is 9.59 Å². The molecule has 0 amide bonds. The van der Waals surface area contributed by atoms with Gasteiger partial charge in [-0.2, -0.15) is 0 Å². The maximum Gasteiger partial charge on any atom is 0.331 e. The molecule has 1 aliphatic rings. The van der Waals surface area contributed by atoms with Gasteiger partial charge in [0.2, 0.25) is 0 Å². The van der Waals surface area contributed by atoms with E-state index in [2.05, 4.69) is 5.32 Å². The van der Waals surface area contributed by atoms with Crippen molar-refractivity contribution in [2.24, 2.45) is 0 Å². The van der Waals surface area contributed by atoms with Crippen LogP contribution in [0.3, 0.4) is 0 Å². The number of hydrogen-bond donors (Lipinski definition) is 4. The summed E-state index contributed by atoms with van der Waals surface area (Å²) in [7, 11) is 0. The Labute approximate surface area is 98.3 Å². The monoisotopic (exact) mass is 241 g/mol. The number of carbonyl (C=O) groups is 2. The number of aliphatic carboxylic acids is 2. The average Bonchev–Trinajstić information content (AvgIpc) is 2.27. The van der Waals surface area contributed by atoms with Gasteiger partial charge in [-0.15, -0.1) is 0 Å². The summed E-state index contributed by atoms with van der Waals surface area (Å²) in [5, 5.41) is 29.6. The minimum absolute atomic E-state index is 0.0310. The van der Waals surface area contributed by atoms with Gasteiger partial charge < -0.3 is 15.3 Å². The molecule has 0 aromatic rings. The highest BCUT2D eigenvalue weighted by Gasteiger charge is 2.42. The first-order valence-electron chi connectivity index (χ1n) is 5.14. The summed E-state index contributed by atoms with van der Waals surface area (Å²) in [5.41, 5.74) is -0.891. The normalized spacial score (nSPS) is 23.9. The van der Waals surface area contributed by atoms with E-state index in [1.807, 2.05) is 0 Å². The molecular weight excluding hydrogens is 226 g/mol. The van der Waals surface area contributed by atoms with Crippen LogP contribution in [0.4, 0.5) is 0 Å². The smallest absolute Gasteiger partial charge is 0.331 e. The van der Waals surface area contributed by atoms with Gasteiger partial charge in [0.1, 0.15) is 5.54 Å². The summed E-state index contributed by atoms with van der Waals surface area (Å²) in [4.78, 5) is 22.2. The highest BCUT2D eigenvalue weighted by Crippen LogP contribution is 2.29.